The fourth-order valence-electron chi connectivity index (χ4n) is 1.29. The van der Waals surface area contributed by atoms with E-state index in [-0.39, 0.29) is 5.75 Å². The zero-order valence-electron chi connectivity index (χ0n) is 9.20. The number of hydrogen-bond donors (Lipinski definition) is 1. The first-order valence-electron chi connectivity index (χ1n) is 5.29. The van der Waals surface area contributed by atoms with Crippen molar-refractivity contribution in [1.82, 2.24) is 0 Å². The average Bonchev–Trinajstić information content (AvgIpc) is 2.25. The second-order valence-electron chi connectivity index (χ2n) is 3.53. The summed E-state index contributed by atoms with van der Waals surface area (Å²) in [5.41, 5.74) is 1.60. The van der Waals surface area contributed by atoms with Crippen LogP contribution in [-0.2, 0) is 4.74 Å². The van der Waals surface area contributed by atoms with Crippen LogP contribution in [0.2, 0.25) is 0 Å². The third-order valence-electron chi connectivity index (χ3n) is 2.20. The quantitative estimate of drug-likeness (QED) is 0.724. The summed E-state index contributed by atoms with van der Waals surface area (Å²) in [6.07, 6.45) is 2.19. The molecule has 0 atom stereocenters. The van der Waals surface area contributed by atoms with E-state index >= 15 is 0 Å². The van der Waals surface area contributed by atoms with Crippen molar-refractivity contribution in [2.75, 3.05) is 13.2 Å². The highest BCUT2D eigenvalue weighted by Crippen LogP contribution is 2.23. The molecular weight excluding hydrogens is 188 g/mol. The topological polar surface area (TPSA) is 29.5 Å². The van der Waals surface area contributed by atoms with Crippen molar-refractivity contribution >= 4 is 5.57 Å². The van der Waals surface area contributed by atoms with Gasteiger partial charge in [-0.2, -0.15) is 0 Å². The van der Waals surface area contributed by atoms with E-state index in [4.69, 9.17) is 4.74 Å². The van der Waals surface area contributed by atoms with Gasteiger partial charge in [0.05, 0.1) is 6.61 Å². The average molecular weight is 206 g/mol. The van der Waals surface area contributed by atoms with Gasteiger partial charge in [-0.1, -0.05) is 38.1 Å². The minimum Gasteiger partial charge on any atom is -0.507 e. The number of ether oxygens (including phenoxy) is 1. The Kier molecular flexibility index (Phi) is 4.91. The van der Waals surface area contributed by atoms with Crippen molar-refractivity contribution in [2.24, 2.45) is 0 Å². The molecule has 1 aromatic carbocycles. The van der Waals surface area contributed by atoms with Crippen LogP contribution in [0.25, 0.3) is 5.57 Å². The third kappa shape index (κ3) is 3.76. The van der Waals surface area contributed by atoms with E-state index in [0.29, 0.717) is 6.61 Å². The number of benzene rings is 1. The van der Waals surface area contributed by atoms with Crippen LogP contribution in [0.1, 0.15) is 25.3 Å². The van der Waals surface area contributed by atoms with Crippen molar-refractivity contribution in [3.8, 4) is 5.75 Å². The van der Waals surface area contributed by atoms with E-state index in [1.165, 1.54) is 0 Å². The molecule has 0 unspecified atom stereocenters. The molecule has 2 nitrogen and oxygen atoms in total. The Morgan fingerprint density at radius 2 is 2.13 bits per heavy atom. The molecule has 0 heterocycles. The first-order valence-corrected chi connectivity index (χ1v) is 5.29. The molecule has 82 valence electrons. The summed E-state index contributed by atoms with van der Waals surface area (Å²) in [5.74, 6) is 0.265. The summed E-state index contributed by atoms with van der Waals surface area (Å²) in [7, 11) is 0. The van der Waals surface area contributed by atoms with Crippen molar-refractivity contribution < 1.29 is 9.84 Å². The van der Waals surface area contributed by atoms with E-state index in [0.717, 1.165) is 30.6 Å². The number of aromatic hydroxyl groups is 1. The van der Waals surface area contributed by atoms with Gasteiger partial charge in [-0.15, -0.1) is 0 Å². The van der Waals surface area contributed by atoms with Crippen LogP contribution in [-0.4, -0.2) is 18.3 Å². The highest BCUT2D eigenvalue weighted by Gasteiger charge is 2.03. The highest BCUT2D eigenvalue weighted by molar-refractivity contribution is 5.68. The summed E-state index contributed by atoms with van der Waals surface area (Å²) in [6.45, 7) is 7.26. The van der Waals surface area contributed by atoms with Gasteiger partial charge in [-0.25, -0.2) is 0 Å². The second kappa shape index (κ2) is 6.25. The standard InChI is InChI=1S/C13H18O2/c1-3-4-9-15-10-11(2)12-7-5-6-8-13(12)14/h5-8,14H,2-4,9-10H2,1H3. The Bertz CT molecular complexity index is 318. The Balaban J connectivity index is 2.44. The molecule has 0 aliphatic rings. The van der Waals surface area contributed by atoms with E-state index in [9.17, 15) is 5.11 Å². The van der Waals surface area contributed by atoms with Gasteiger partial charge < -0.3 is 9.84 Å². The smallest absolute Gasteiger partial charge is 0.123 e. The molecule has 0 amide bonds. The van der Waals surface area contributed by atoms with Gasteiger partial charge in [0.15, 0.2) is 0 Å². The van der Waals surface area contributed by atoms with Crippen LogP contribution in [0.5, 0.6) is 5.75 Å². The lowest BCUT2D eigenvalue weighted by Crippen LogP contribution is -1.98. The number of phenols is 1. The Morgan fingerprint density at radius 3 is 2.80 bits per heavy atom. The minimum atomic E-state index is 0.265. The van der Waals surface area contributed by atoms with Gasteiger partial charge in [0.2, 0.25) is 0 Å². The molecule has 1 aromatic rings. The molecule has 1 rings (SSSR count). The fourth-order valence-corrected chi connectivity index (χ4v) is 1.29. The van der Waals surface area contributed by atoms with Gasteiger partial charge in [-0.05, 0) is 18.1 Å². The molecule has 0 aliphatic carbocycles. The van der Waals surface area contributed by atoms with Crippen LogP contribution < -0.4 is 0 Å². The second-order valence-corrected chi connectivity index (χ2v) is 3.53. The maximum atomic E-state index is 9.57. The Labute approximate surface area is 91.2 Å². The van der Waals surface area contributed by atoms with Crippen molar-refractivity contribution in [3.63, 3.8) is 0 Å². The Hall–Kier alpha value is -1.28. The number of unbranched alkanes of at least 4 members (excludes halogenated alkanes) is 1. The lowest BCUT2D eigenvalue weighted by atomic mass is 10.1. The van der Waals surface area contributed by atoms with Crippen LogP contribution >= 0.6 is 0 Å². The summed E-state index contributed by atoms with van der Waals surface area (Å²) < 4.78 is 5.43. The molecular formula is C13H18O2. The zero-order valence-corrected chi connectivity index (χ0v) is 9.20. The third-order valence-corrected chi connectivity index (χ3v) is 2.20. The summed E-state index contributed by atoms with van der Waals surface area (Å²) >= 11 is 0. The molecule has 1 N–H and O–H groups in total. The summed E-state index contributed by atoms with van der Waals surface area (Å²) in [6, 6.07) is 7.18. The summed E-state index contributed by atoms with van der Waals surface area (Å²) in [4.78, 5) is 0. The monoisotopic (exact) mass is 206 g/mol. The van der Waals surface area contributed by atoms with Crippen molar-refractivity contribution in [1.29, 1.82) is 0 Å². The SMILES string of the molecule is C=C(COCCCC)c1ccccc1O. The van der Waals surface area contributed by atoms with E-state index in [1.54, 1.807) is 12.1 Å². The van der Waals surface area contributed by atoms with Gasteiger partial charge in [0.25, 0.3) is 0 Å². The first kappa shape index (κ1) is 11.8. The predicted molar refractivity (Wildman–Crippen MR) is 62.9 cm³/mol. The van der Waals surface area contributed by atoms with Gasteiger partial charge in [0, 0.05) is 12.2 Å². The largest absolute Gasteiger partial charge is 0.507 e. The lowest BCUT2D eigenvalue weighted by Gasteiger charge is -2.08. The maximum absolute atomic E-state index is 9.57. The highest BCUT2D eigenvalue weighted by atomic mass is 16.5. The molecule has 0 aliphatic heterocycles. The number of para-hydroxylation sites is 1. The zero-order chi connectivity index (χ0) is 11.1. The molecule has 0 aromatic heterocycles. The number of hydrogen-bond acceptors (Lipinski definition) is 2. The number of phenolic OH excluding ortho intramolecular Hbond substituents is 1. The molecule has 2 heteroatoms. The van der Waals surface area contributed by atoms with Gasteiger partial charge >= 0.3 is 0 Å². The molecule has 15 heavy (non-hydrogen) atoms. The van der Waals surface area contributed by atoms with E-state index < -0.39 is 0 Å². The first-order chi connectivity index (χ1) is 7.25. The van der Waals surface area contributed by atoms with Gasteiger partial charge in [-0.3, -0.25) is 0 Å². The van der Waals surface area contributed by atoms with Crippen molar-refractivity contribution in [2.45, 2.75) is 19.8 Å². The lowest BCUT2D eigenvalue weighted by molar-refractivity contribution is 0.163. The Morgan fingerprint density at radius 1 is 1.40 bits per heavy atom. The van der Waals surface area contributed by atoms with Crippen LogP contribution in [0, 0.1) is 0 Å². The minimum absolute atomic E-state index is 0.265. The molecule has 0 saturated carbocycles. The van der Waals surface area contributed by atoms with E-state index in [1.807, 2.05) is 12.1 Å². The molecule has 0 radical (unpaired) electrons. The van der Waals surface area contributed by atoms with Crippen LogP contribution in [0.4, 0.5) is 0 Å². The maximum Gasteiger partial charge on any atom is 0.123 e. The van der Waals surface area contributed by atoms with Gasteiger partial charge in [0.1, 0.15) is 5.75 Å². The van der Waals surface area contributed by atoms with Crippen molar-refractivity contribution in [3.05, 3.63) is 36.4 Å². The molecule has 0 bridgehead atoms. The number of rotatable bonds is 6. The van der Waals surface area contributed by atoms with Crippen LogP contribution in [0.3, 0.4) is 0 Å². The van der Waals surface area contributed by atoms with E-state index in [2.05, 4.69) is 13.5 Å². The molecule has 0 spiro atoms. The summed E-state index contributed by atoms with van der Waals surface area (Å²) in [5, 5.41) is 9.57. The normalized spacial score (nSPS) is 10.2. The fraction of sp³-hybridized carbons (Fsp3) is 0.385. The predicted octanol–water partition coefficient (Wildman–Crippen LogP) is 3.22. The molecule has 0 fully saturated rings. The molecule has 0 saturated heterocycles. The van der Waals surface area contributed by atoms with Crippen LogP contribution in [0.15, 0.2) is 30.8 Å².